The van der Waals surface area contributed by atoms with Crippen LogP contribution in [0.4, 0.5) is 0 Å². The van der Waals surface area contributed by atoms with Gasteiger partial charge in [-0.25, -0.2) is 4.79 Å². The molecule has 2 aromatic carbocycles. The fraction of sp³-hybridized carbons (Fsp3) is 0.0870. The summed E-state index contributed by atoms with van der Waals surface area (Å²) in [7, 11) is 0. The largest absolute Gasteiger partial charge is 0.478 e. The van der Waals surface area contributed by atoms with E-state index in [9.17, 15) is 14.9 Å². The van der Waals surface area contributed by atoms with Crippen molar-refractivity contribution in [3.05, 3.63) is 88.1 Å². The predicted molar refractivity (Wildman–Crippen MR) is 113 cm³/mol. The van der Waals surface area contributed by atoms with Crippen LogP contribution in [0.1, 0.15) is 34.6 Å². The zero-order chi connectivity index (χ0) is 21.7. The van der Waals surface area contributed by atoms with Gasteiger partial charge in [0.05, 0.1) is 16.6 Å². The van der Waals surface area contributed by atoms with E-state index < -0.39 is 11.9 Å². The van der Waals surface area contributed by atoms with E-state index in [0.29, 0.717) is 16.3 Å². The molecule has 1 heterocycles. The van der Waals surface area contributed by atoms with Gasteiger partial charge in [0.15, 0.2) is 0 Å². The van der Waals surface area contributed by atoms with Gasteiger partial charge in [0.1, 0.15) is 23.2 Å². The summed E-state index contributed by atoms with van der Waals surface area (Å²) in [5.74, 6) is -1.03. The molecule has 0 aliphatic carbocycles. The van der Waals surface area contributed by atoms with Crippen molar-refractivity contribution < 1.29 is 19.1 Å². The summed E-state index contributed by atoms with van der Waals surface area (Å²) >= 11 is 6.16. The lowest BCUT2D eigenvalue weighted by Gasteiger charge is -2.13. The van der Waals surface area contributed by atoms with E-state index in [-0.39, 0.29) is 22.9 Å². The average molecular weight is 421 g/mol. The van der Waals surface area contributed by atoms with Crippen LogP contribution in [0.15, 0.2) is 70.7 Å². The van der Waals surface area contributed by atoms with Crippen molar-refractivity contribution in [2.24, 2.45) is 0 Å². The number of carbonyl (C=O) groups is 2. The van der Waals surface area contributed by atoms with Crippen LogP contribution in [0.2, 0.25) is 5.02 Å². The van der Waals surface area contributed by atoms with Crippen molar-refractivity contribution in [3.8, 4) is 17.4 Å². The molecule has 0 aliphatic heterocycles. The first kappa shape index (κ1) is 20.9. The molecule has 7 heteroatoms. The second-order valence-corrected chi connectivity index (χ2v) is 6.88. The molecule has 0 aliphatic rings. The molecule has 0 fully saturated rings. The number of nitriles is 1. The molecule has 30 heavy (non-hydrogen) atoms. The molecule has 3 aromatic rings. The number of hydrogen-bond acceptors (Lipinski definition) is 4. The summed E-state index contributed by atoms with van der Waals surface area (Å²) in [6.07, 6.45) is 1.32. The van der Waals surface area contributed by atoms with Gasteiger partial charge < -0.3 is 14.8 Å². The smallest absolute Gasteiger partial charge is 0.335 e. The molecule has 0 unspecified atom stereocenters. The van der Waals surface area contributed by atoms with E-state index >= 15 is 0 Å². The van der Waals surface area contributed by atoms with Crippen LogP contribution in [-0.2, 0) is 4.79 Å². The molecule has 3 rings (SSSR count). The summed E-state index contributed by atoms with van der Waals surface area (Å²) in [4.78, 5) is 23.7. The van der Waals surface area contributed by atoms with E-state index in [4.69, 9.17) is 21.1 Å². The van der Waals surface area contributed by atoms with Crippen molar-refractivity contribution >= 4 is 29.6 Å². The third-order valence-electron chi connectivity index (χ3n) is 4.40. The molecule has 6 nitrogen and oxygen atoms in total. The van der Waals surface area contributed by atoms with Gasteiger partial charge in [-0.05, 0) is 42.8 Å². The number of halogens is 1. The SMILES string of the molecule is C[C@@H](NC(=O)/C(C#N)=C\c1ccc(-c2cc(C(=O)O)ccc2Cl)o1)c1ccccc1. The molecule has 150 valence electrons. The summed E-state index contributed by atoms with van der Waals surface area (Å²) < 4.78 is 5.67. The summed E-state index contributed by atoms with van der Waals surface area (Å²) in [6.45, 7) is 1.82. The van der Waals surface area contributed by atoms with Gasteiger partial charge in [-0.15, -0.1) is 0 Å². The zero-order valence-electron chi connectivity index (χ0n) is 15.9. The van der Waals surface area contributed by atoms with Gasteiger partial charge in [0.2, 0.25) is 0 Å². The van der Waals surface area contributed by atoms with Gasteiger partial charge in [0.25, 0.3) is 5.91 Å². The maximum atomic E-state index is 12.5. The Morgan fingerprint density at radius 1 is 1.17 bits per heavy atom. The number of aromatic carboxylic acids is 1. The lowest BCUT2D eigenvalue weighted by Crippen LogP contribution is -2.27. The molecule has 1 aromatic heterocycles. The summed E-state index contributed by atoms with van der Waals surface area (Å²) in [5.41, 5.74) is 1.26. The normalized spacial score (nSPS) is 12.1. The molecule has 0 radical (unpaired) electrons. The molecule has 0 bridgehead atoms. The highest BCUT2D eigenvalue weighted by Gasteiger charge is 2.16. The highest BCUT2D eigenvalue weighted by atomic mass is 35.5. The minimum absolute atomic E-state index is 0.0647. The van der Waals surface area contributed by atoms with Crippen LogP contribution in [0.25, 0.3) is 17.4 Å². The number of furan rings is 1. The Kier molecular flexibility index (Phi) is 6.35. The number of rotatable bonds is 6. The minimum atomic E-state index is -1.09. The number of nitrogens with one attached hydrogen (secondary N) is 1. The lowest BCUT2D eigenvalue weighted by molar-refractivity contribution is -0.117. The number of carboxylic acids is 1. The first-order valence-corrected chi connectivity index (χ1v) is 9.37. The maximum absolute atomic E-state index is 12.5. The van der Waals surface area contributed by atoms with Gasteiger partial charge >= 0.3 is 5.97 Å². The maximum Gasteiger partial charge on any atom is 0.335 e. The van der Waals surface area contributed by atoms with E-state index in [2.05, 4.69) is 5.32 Å². The molecule has 1 atom stereocenters. The Morgan fingerprint density at radius 3 is 2.57 bits per heavy atom. The number of amides is 1. The Hall–Kier alpha value is -3.82. The van der Waals surface area contributed by atoms with E-state index in [0.717, 1.165) is 5.56 Å². The fourth-order valence-corrected chi connectivity index (χ4v) is 3.02. The van der Waals surface area contributed by atoms with Crippen LogP contribution in [0.3, 0.4) is 0 Å². The van der Waals surface area contributed by atoms with Crippen LogP contribution >= 0.6 is 11.6 Å². The van der Waals surface area contributed by atoms with E-state index in [1.54, 1.807) is 12.1 Å². The molecule has 1 amide bonds. The molecule has 0 saturated carbocycles. The second-order valence-electron chi connectivity index (χ2n) is 6.48. The van der Waals surface area contributed by atoms with Crippen LogP contribution in [0.5, 0.6) is 0 Å². The number of hydrogen-bond donors (Lipinski definition) is 2. The highest BCUT2D eigenvalue weighted by molar-refractivity contribution is 6.33. The van der Waals surface area contributed by atoms with Crippen molar-refractivity contribution in [2.45, 2.75) is 13.0 Å². The quantitative estimate of drug-likeness (QED) is 0.427. The Morgan fingerprint density at radius 2 is 1.90 bits per heavy atom. The number of carboxylic acid groups (broad SMARTS) is 1. The van der Waals surface area contributed by atoms with E-state index in [1.807, 2.05) is 43.3 Å². The number of benzene rings is 2. The van der Waals surface area contributed by atoms with Gasteiger partial charge in [0, 0.05) is 11.6 Å². The molecule has 0 spiro atoms. The van der Waals surface area contributed by atoms with Crippen molar-refractivity contribution in [2.75, 3.05) is 0 Å². The number of carbonyl (C=O) groups excluding carboxylic acids is 1. The van der Waals surface area contributed by atoms with Crippen molar-refractivity contribution in [3.63, 3.8) is 0 Å². The summed E-state index contributed by atoms with van der Waals surface area (Å²) in [6, 6.07) is 18.4. The van der Waals surface area contributed by atoms with Gasteiger partial charge in [-0.3, -0.25) is 4.79 Å². The van der Waals surface area contributed by atoms with Crippen molar-refractivity contribution in [1.82, 2.24) is 5.32 Å². The first-order valence-electron chi connectivity index (χ1n) is 8.99. The van der Waals surface area contributed by atoms with Gasteiger partial charge in [-0.2, -0.15) is 5.26 Å². The van der Waals surface area contributed by atoms with Crippen molar-refractivity contribution in [1.29, 1.82) is 5.26 Å². The zero-order valence-corrected chi connectivity index (χ0v) is 16.7. The lowest BCUT2D eigenvalue weighted by atomic mass is 10.1. The fourth-order valence-electron chi connectivity index (χ4n) is 2.81. The topological polar surface area (TPSA) is 103 Å². The Balaban J connectivity index is 1.82. The third-order valence-corrected chi connectivity index (χ3v) is 4.73. The molecular formula is C23H17ClN2O4. The van der Waals surface area contributed by atoms with Gasteiger partial charge in [-0.1, -0.05) is 41.9 Å². The van der Waals surface area contributed by atoms with Crippen LogP contribution in [0, 0.1) is 11.3 Å². The van der Waals surface area contributed by atoms with E-state index in [1.165, 1.54) is 24.3 Å². The molecule has 0 saturated heterocycles. The standard InChI is InChI=1S/C23H17ClN2O4/c1-14(15-5-3-2-4-6-15)26-22(27)17(13-25)11-18-8-10-21(30-18)19-12-16(23(28)29)7-9-20(19)24/h2-12,14H,1H3,(H,26,27)(H,28,29)/b17-11-/t14-/m1/s1. The minimum Gasteiger partial charge on any atom is -0.478 e. The van der Waals surface area contributed by atoms with Crippen LogP contribution in [-0.4, -0.2) is 17.0 Å². The molecular weight excluding hydrogens is 404 g/mol. The molecule has 2 N–H and O–H groups in total. The Bertz CT molecular complexity index is 1160. The number of nitrogens with zero attached hydrogens (tertiary/aromatic N) is 1. The Labute approximate surface area is 178 Å². The first-order chi connectivity index (χ1) is 14.4. The predicted octanol–water partition coefficient (Wildman–Crippen LogP) is 5.08. The average Bonchev–Trinajstić information content (AvgIpc) is 3.21. The third kappa shape index (κ3) is 4.77. The monoisotopic (exact) mass is 420 g/mol. The second kappa shape index (κ2) is 9.12. The highest BCUT2D eigenvalue weighted by Crippen LogP contribution is 2.31. The summed E-state index contributed by atoms with van der Waals surface area (Å²) in [5, 5.41) is 21.7. The van der Waals surface area contributed by atoms with Crippen LogP contribution < -0.4 is 5.32 Å².